The fourth-order valence-electron chi connectivity index (χ4n) is 4.52. The lowest BCUT2D eigenvalue weighted by atomic mass is 9.96. The van der Waals surface area contributed by atoms with Gasteiger partial charge in [-0.05, 0) is 71.7 Å². The number of hydrogen-bond donors (Lipinski definition) is 0. The average Bonchev–Trinajstić information content (AvgIpc) is 3.52. The number of benzene rings is 2. The molecule has 2 aromatic carbocycles. The summed E-state index contributed by atoms with van der Waals surface area (Å²) in [4.78, 5) is 31.7. The van der Waals surface area contributed by atoms with Gasteiger partial charge in [-0.15, -0.1) is 0 Å². The van der Waals surface area contributed by atoms with Crippen LogP contribution >= 0.6 is 27.3 Å². The van der Waals surface area contributed by atoms with E-state index in [1.807, 2.05) is 0 Å². The molecule has 2 aromatic heterocycles. The maximum Gasteiger partial charge on any atom is 0.416 e. The Hall–Kier alpha value is -3.90. The van der Waals surface area contributed by atoms with Gasteiger partial charge in [-0.2, -0.15) is 13.2 Å². The lowest BCUT2D eigenvalue weighted by molar-refractivity contribution is -0.139. The third kappa shape index (κ3) is 5.53. The summed E-state index contributed by atoms with van der Waals surface area (Å²) in [7, 11) is 1.53. The van der Waals surface area contributed by atoms with Gasteiger partial charge in [0.1, 0.15) is 17.3 Å². The van der Waals surface area contributed by atoms with Gasteiger partial charge in [0.15, 0.2) is 4.80 Å². The van der Waals surface area contributed by atoms with Crippen molar-refractivity contribution in [3.63, 3.8) is 0 Å². The number of furan rings is 1. The third-order valence-electron chi connectivity index (χ3n) is 6.38. The highest BCUT2D eigenvalue weighted by Crippen LogP contribution is 2.35. The lowest BCUT2D eigenvalue weighted by Crippen LogP contribution is -2.39. The molecule has 41 heavy (non-hydrogen) atoms. The molecule has 0 saturated heterocycles. The van der Waals surface area contributed by atoms with Crippen LogP contribution in [0, 0.1) is 0 Å². The van der Waals surface area contributed by atoms with Crippen molar-refractivity contribution in [1.29, 1.82) is 0 Å². The topological polar surface area (TPSA) is 83.0 Å². The summed E-state index contributed by atoms with van der Waals surface area (Å²) in [6.45, 7) is 3.52. The fourth-order valence-corrected chi connectivity index (χ4v) is 6.11. The van der Waals surface area contributed by atoms with E-state index in [1.165, 1.54) is 29.9 Å². The molecule has 1 atom stereocenters. The average molecular weight is 647 g/mol. The number of ether oxygens (including phenoxy) is 2. The van der Waals surface area contributed by atoms with Gasteiger partial charge in [-0.1, -0.05) is 29.5 Å². The van der Waals surface area contributed by atoms with E-state index in [0.717, 1.165) is 23.5 Å². The summed E-state index contributed by atoms with van der Waals surface area (Å²) >= 11 is 4.58. The van der Waals surface area contributed by atoms with E-state index >= 15 is 0 Å². The molecule has 12 heteroatoms. The first-order chi connectivity index (χ1) is 19.5. The van der Waals surface area contributed by atoms with Crippen LogP contribution in [0.1, 0.15) is 36.8 Å². The van der Waals surface area contributed by atoms with Crippen LogP contribution < -0.4 is 19.6 Å². The van der Waals surface area contributed by atoms with E-state index in [-0.39, 0.29) is 33.8 Å². The van der Waals surface area contributed by atoms with Crippen molar-refractivity contribution in [1.82, 2.24) is 4.57 Å². The largest absolute Gasteiger partial charge is 0.496 e. The Morgan fingerprint density at radius 2 is 1.98 bits per heavy atom. The number of nitrogens with zero attached hydrogens (tertiary/aromatic N) is 2. The second-order valence-electron chi connectivity index (χ2n) is 8.98. The van der Waals surface area contributed by atoms with Crippen molar-refractivity contribution < 1.29 is 31.9 Å². The lowest BCUT2D eigenvalue weighted by Gasteiger charge is -2.25. The molecule has 0 bridgehead atoms. The minimum Gasteiger partial charge on any atom is -0.496 e. The summed E-state index contributed by atoms with van der Waals surface area (Å²) in [6.07, 6.45) is -2.98. The maximum atomic E-state index is 13.8. The second kappa shape index (κ2) is 11.2. The predicted molar refractivity (Wildman–Crippen MR) is 150 cm³/mol. The molecule has 1 aliphatic rings. The van der Waals surface area contributed by atoms with E-state index in [0.29, 0.717) is 26.3 Å². The zero-order valence-electron chi connectivity index (χ0n) is 21.9. The molecule has 0 fully saturated rings. The first-order valence-corrected chi connectivity index (χ1v) is 13.9. The first kappa shape index (κ1) is 28.6. The van der Waals surface area contributed by atoms with E-state index in [9.17, 15) is 22.8 Å². The van der Waals surface area contributed by atoms with Crippen molar-refractivity contribution in [2.75, 3.05) is 13.7 Å². The Morgan fingerprint density at radius 3 is 2.66 bits per heavy atom. The van der Waals surface area contributed by atoms with Gasteiger partial charge in [-0.3, -0.25) is 9.36 Å². The zero-order chi connectivity index (χ0) is 29.5. The number of esters is 1. The van der Waals surface area contributed by atoms with Crippen molar-refractivity contribution >= 4 is 39.3 Å². The SMILES string of the molecule is CCOC(=O)C1=C(C)N=c2s/c(=C\c3ccc(-c4cccc(C(F)(F)F)c4)o3)c(=O)n2[C@@H]1c1ccc(OC)c(Br)c1. The Morgan fingerprint density at radius 1 is 1.20 bits per heavy atom. The van der Waals surface area contributed by atoms with Crippen LogP contribution in [0.3, 0.4) is 0 Å². The highest BCUT2D eigenvalue weighted by Gasteiger charge is 2.34. The minimum atomic E-state index is -4.49. The Bertz CT molecular complexity index is 1870. The van der Waals surface area contributed by atoms with E-state index < -0.39 is 29.3 Å². The van der Waals surface area contributed by atoms with Crippen LogP contribution in [0.5, 0.6) is 5.75 Å². The highest BCUT2D eigenvalue weighted by molar-refractivity contribution is 9.10. The number of allylic oxidation sites excluding steroid dienone is 1. The van der Waals surface area contributed by atoms with Crippen molar-refractivity contribution in [3.05, 3.63) is 107 Å². The Labute approximate surface area is 244 Å². The number of carbonyl (C=O) groups is 1. The number of methoxy groups -OCH3 is 1. The summed E-state index contributed by atoms with van der Waals surface area (Å²) in [5, 5.41) is 0. The van der Waals surface area contributed by atoms with Gasteiger partial charge in [-0.25, -0.2) is 9.79 Å². The molecule has 0 spiro atoms. The van der Waals surface area contributed by atoms with Crippen LogP contribution in [0.25, 0.3) is 17.4 Å². The molecule has 7 nitrogen and oxygen atoms in total. The molecular formula is C29H22BrF3N2O5S. The summed E-state index contributed by atoms with van der Waals surface area (Å²) in [5.74, 6) is 0.481. The molecule has 0 saturated carbocycles. The van der Waals surface area contributed by atoms with E-state index in [4.69, 9.17) is 13.9 Å². The molecule has 0 unspecified atom stereocenters. The van der Waals surface area contributed by atoms with Crippen LogP contribution in [0.15, 0.2) is 84.5 Å². The van der Waals surface area contributed by atoms with Crippen molar-refractivity contribution in [2.45, 2.75) is 26.1 Å². The first-order valence-electron chi connectivity index (χ1n) is 12.3. The minimum absolute atomic E-state index is 0.145. The number of aromatic nitrogens is 1. The molecule has 0 aliphatic carbocycles. The number of thiazole rings is 1. The standard InChI is InChI=1S/C29H22BrF3N2O5S/c1-4-39-27(37)24-15(2)34-28-35(25(24)17-8-10-22(38-3)20(30)13-17)26(36)23(41-28)14-19-9-11-21(40-19)16-6-5-7-18(12-16)29(31,32)33/h5-14,25H,4H2,1-3H3/b23-14-/t25-/m1/s1. The second-order valence-corrected chi connectivity index (χ2v) is 10.8. The van der Waals surface area contributed by atoms with E-state index in [1.54, 1.807) is 44.2 Å². The number of rotatable bonds is 6. The highest BCUT2D eigenvalue weighted by atomic mass is 79.9. The van der Waals surface area contributed by atoms with Crippen LogP contribution in [0.2, 0.25) is 0 Å². The van der Waals surface area contributed by atoms with Crippen molar-refractivity contribution in [3.8, 4) is 17.1 Å². The molecule has 0 amide bonds. The summed E-state index contributed by atoms with van der Waals surface area (Å²) in [5.41, 5.74) is 0.315. The summed E-state index contributed by atoms with van der Waals surface area (Å²) in [6, 6.07) is 12.3. The predicted octanol–water partition coefficient (Wildman–Crippen LogP) is 5.85. The Balaban J connectivity index is 1.62. The number of halogens is 4. The molecule has 1 aliphatic heterocycles. The van der Waals surface area contributed by atoms with Gasteiger partial charge in [0.2, 0.25) is 0 Å². The fraction of sp³-hybridized carbons (Fsp3) is 0.207. The smallest absolute Gasteiger partial charge is 0.416 e. The molecule has 4 aromatic rings. The summed E-state index contributed by atoms with van der Waals surface area (Å²) < 4.78 is 58.3. The van der Waals surface area contributed by atoms with Gasteiger partial charge in [0.05, 0.1) is 45.6 Å². The van der Waals surface area contributed by atoms with Gasteiger partial charge < -0.3 is 13.9 Å². The van der Waals surface area contributed by atoms with E-state index in [2.05, 4.69) is 20.9 Å². The number of alkyl halides is 3. The normalized spacial score (nSPS) is 15.5. The van der Waals surface area contributed by atoms with Crippen LogP contribution in [0.4, 0.5) is 13.2 Å². The molecule has 0 radical (unpaired) electrons. The molecule has 5 rings (SSSR count). The number of fused-ring (bicyclic) bond motifs is 1. The van der Waals surface area contributed by atoms with Crippen LogP contribution in [-0.2, 0) is 15.7 Å². The molecule has 212 valence electrons. The maximum absolute atomic E-state index is 13.8. The van der Waals surface area contributed by atoms with Crippen LogP contribution in [-0.4, -0.2) is 24.3 Å². The zero-order valence-corrected chi connectivity index (χ0v) is 24.3. The third-order valence-corrected chi connectivity index (χ3v) is 7.99. The molecule has 0 N–H and O–H groups in total. The Kier molecular flexibility index (Phi) is 7.80. The quantitative estimate of drug-likeness (QED) is 0.246. The van der Waals surface area contributed by atoms with Crippen molar-refractivity contribution in [2.24, 2.45) is 4.99 Å². The monoisotopic (exact) mass is 646 g/mol. The molecular weight excluding hydrogens is 625 g/mol. The van der Waals surface area contributed by atoms with Gasteiger partial charge in [0.25, 0.3) is 5.56 Å². The number of hydrogen-bond acceptors (Lipinski definition) is 7. The molecule has 3 heterocycles. The van der Waals surface area contributed by atoms with Gasteiger partial charge in [0, 0.05) is 11.6 Å². The van der Waals surface area contributed by atoms with Gasteiger partial charge >= 0.3 is 12.1 Å². The number of carbonyl (C=O) groups excluding carboxylic acids is 1.